The minimum Gasteiger partial charge on any atom is -0.484 e. The van der Waals surface area contributed by atoms with E-state index in [0.29, 0.717) is 56.4 Å². The Morgan fingerprint density at radius 1 is 1.00 bits per heavy atom. The van der Waals surface area contributed by atoms with Crippen molar-refractivity contribution in [1.82, 2.24) is 29.6 Å². The van der Waals surface area contributed by atoms with Crippen LogP contribution in [0.4, 0.5) is 0 Å². The largest absolute Gasteiger partial charge is 0.484 e. The summed E-state index contributed by atoms with van der Waals surface area (Å²) in [6, 6.07) is 16.5. The lowest BCUT2D eigenvalue weighted by Crippen LogP contribution is -2.47. The normalized spacial score (nSPS) is 17.0. The molecule has 1 unspecified atom stereocenters. The first-order valence-electron chi connectivity index (χ1n) is 15.4. The Kier molecular flexibility index (Phi) is 9.84. The average Bonchev–Trinajstić information content (AvgIpc) is 3.31. The second kappa shape index (κ2) is 13.9. The summed E-state index contributed by atoms with van der Waals surface area (Å²) in [5.74, 6) is 0.0522. The van der Waals surface area contributed by atoms with Crippen LogP contribution in [0.25, 0.3) is 11.3 Å². The average molecular weight is 603 g/mol. The van der Waals surface area contributed by atoms with Crippen LogP contribution in [0.5, 0.6) is 5.75 Å². The molecule has 0 radical (unpaired) electrons. The number of benzene rings is 2. The number of carbonyl (C=O) groups is 3. The molecule has 234 valence electrons. The number of nitrogens with one attached hydrogen (secondary N) is 2. The van der Waals surface area contributed by atoms with Gasteiger partial charge < -0.3 is 25.2 Å². The Morgan fingerprint density at radius 3 is 2.45 bits per heavy atom. The minimum absolute atomic E-state index is 0.00508. The summed E-state index contributed by atoms with van der Waals surface area (Å²) in [5, 5.41) is 6.10. The highest BCUT2D eigenvalue weighted by Crippen LogP contribution is 2.31. The molecule has 44 heavy (non-hydrogen) atoms. The highest BCUT2D eigenvalue weighted by molar-refractivity contribution is 5.99. The molecule has 3 aromatic rings. The predicted molar refractivity (Wildman–Crippen MR) is 168 cm³/mol. The number of nitrogens with zero attached hydrogens (tertiary/aromatic N) is 4. The highest BCUT2D eigenvalue weighted by Gasteiger charge is 2.34. The monoisotopic (exact) mass is 602 g/mol. The van der Waals surface area contributed by atoms with E-state index >= 15 is 0 Å². The van der Waals surface area contributed by atoms with Crippen molar-refractivity contribution in [3.05, 3.63) is 76.3 Å². The van der Waals surface area contributed by atoms with Crippen molar-refractivity contribution in [3.63, 3.8) is 0 Å². The summed E-state index contributed by atoms with van der Waals surface area (Å²) in [4.78, 5) is 56.9. The number of carbonyl (C=O) groups excluding carboxylic acids is 3. The van der Waals surface area contributed by atoms with Crippen molar-refractivity contribution >= 4 is 17.7 Å². The molecule has 2 aromatic carbocycles. The molecule has 0 aliphatic carbocycles. The molecule has 1 aromatic heterocycles. The Morgan fingerprint density at radius 2 is 1.75 bits per heavy atom. The van der Waals surface area contributed by atoms with Crippen molar-refractivity contribution in [2.45, 2.75) is 52.2 Å². The number of likely N-dealkylation sites (tertiary alicyclic amines) is 1. The van der Waals surface area contributed by atoms with Gasteiger partial charge in [-0.3, -0.25) is 23.5 Å². The standard InChI is InChI=1S/C33H42N6O5/c1-23(2)35-29(41)22-44-28-13-7-9-25(19-28)20-38-31(32(42)36-17-14-34-15-18-36)30(26-10-5-4-6-11-26)39(33(38)43)27-12-8-16-37(21-27)24(3)40/h4-7,9-11,13,19,23,27,34H,8,12,14-18,20-22H2,1-3H3,(H,35,41). The molecule has 5 rings (SSSR count). The molecule has 2 fully saturated rings. The molecule has 2 N–H and O–H groups in total. The molecule has 3 amide bonds. The van der Waals surface area contributed by atoms with Crippen molar-refractivity contribution in [2.75, 3.05) is 45.9 Å². The molecule has 11 heteroatoms. The third-order valence-electron chi connectivity index (χ3n) is 8.09. The Labute approximate surface area is 257 Å². The minimum atomic E-state index is -0.291. The maximum atomic E-state index is 14.5. The number of hydrogen-bond donors (Lipinski definition) is 2. The molecule has 0 saturated carbocycles. The maximum absolute atomic E-state index is 14.5. The van der Waals surface area contributed by atoms with Gasteiger partial charge in [0.15, 0.2) is 6.61 Å². The van der Waals surface area contributed by atoms with Crippen molar-refractivity contribution < 1.29 is 19.1 Å². The van der Waals surface area contributed by atoms with Crippen LogP contribution in [0.1, 0.15) is 55.7 Å². The van der Waals surface area contributed by atoms with Crippen LogP contribution >= 0.6 is 0 Å². The fraction of sp³-hybridized carbons (Fsp3) is 0.455. The van der Waals surface area contributed by atoms with Gasteiger partial charge in [-0.25, -0.2) is 4.79 Å². The Balaban J connectivity index is 1.60. The number of amides is 3. The molecule has 11 nitrogen and oxygen atoms in total. The van der Waals surface area contributed by atoms with Crippen molar-refractivity contribution in [3.8, 4) is 17.0 Å². The van der Waals surface area contributed by atoms with Crippen LogP contribution in [0, 0.1) is 0 Å². The van der Waals surface area contributed by atoms with Crippen LogP contribution in [0.3, 0.4) is 0 Å². The van der Waals surface area contributed by atoms with Crippen LogP contribution in [-0.2, 0) is 16.1 Å². The maximum Gasteiger partial charge on any atom is 0.329 e. The van der Waals surface area contributed by atoms with Crippen molar-refractivity contribution in [2.24, 2.45) is 0 Å². The SMILES string of the molecule is CC(=O)N1CCCC(n2c(-c3ccccc3)c(C(=O)N3CCNCC3)n(Cc3cccc(OCC(=O)NC(C)C)c3)c2=O)C1. The zero-order valence-electron chi connectivity index (χ0n) is 25.8. The number of ether oxygens (including phenoxy) is 1. The van der Waals surface area contributed by atoms with Gasteiger partial charge >= 0.3 is 5.69 Å². The molecule has 2 aliphatic heterocycles. The first-order chi connectivity index (χ1) is 21.2. The highest BCUT2D eigenvalue weighted by atomic mass is 16.5. The Hall–Kier alpha value is -4.38. The number of aromatic nitrogens is 2. The molecular weight excluding hydrogens is 560 g/mol. The molecule has 0 spiro atoms. The van der Waals surface area contributed by atoms with Gasteiger partial charge in [0.1, 0.15) is 11.4 Å². The lowest BCUT2D eigenvalue weighted by Gasteiger charge is -2.33. The molecule has 1 atom stereocenters. The van der Waals surface area contributed by atoms with E-state index in [-0.39, 0.29) is 48.6 Å². The summed E-state index contributed by atoms with van der Waals surface area (Å²) in [7, 11) is 0. The Bertz CT molecular complexity index is 1540. The van der Waals surface area contributed by atoms with E-state index in [4.69, 9.17) is 4.74 Å². The van der Waals surface area contributed by atoms with E-state index in [0.717, 1.165) is 24.0 Å². The van der Waals surface area contributed by atoms with Gasteiger partial charge in [0, 0.05) is 57.8 Å². The number of piperazine rings is 1. The molecule has 0 bridgehead atoms. The van der Waals surface area contributed by atoms with E-state index in [1.54, 1.807) is 38.0 Å². The van der Waals surface area contributed by atoms with Crippen LogP contribution in [0.15, 0.2) is 59.4 Å². The second-order valence-corrected chi connectivity index (χ2v) is 11.8. The van der Waals surface area contributed by atoms with Gasteiger partial charge in [0.25, 0.3) is 11.8 Å². The van der Waals surface area contributed by atoms with Gasteiger partial charge in [-0.1, -0.05) is 42.5 Å². The predicted octanol–water partition coefficient (Wildman–Crippen LogP) is 2.50. The topological polar surface area (TPSA) is 118 Å². The van der Waals surface area contributed by atoms with Gasteiger partial charge in [-0.2, -0.15) is 0 Å². The molecular formula is C33H42N6O5. The first kappa shape index (κ1) is 31.1. The first-order valence-corrected chi connectivity index (χ1v) is 15.4. The van der Waals surface area contributed by atoms with Gasteiger partial charge in [0.05, 0.1) is 18.3 Å². The summed E-state index contributed by atoms with van der Waals surface area (Å²) in [6.45, 7) is 8.81. The summed E-state index contributed by atoms with van der Waals surface area (Å²) in [5.41, 5.74) is 2.15. The van der Waals surface area contributed by atoms with Crippen LogP contribution < -0.4 is 21.1 Å². The fourth-order valence-corrected chi connectivity index (χ4v) is 6.04. The number of piperidine rings is 1. The third kappa shape index (κ3) is 7.05. The lowest BCUT2D eigenvalue weighted by atomic mass is 10.0. The van der Waals surface area contributed by atoms with Crippen LogP contribution in [-0.4, -0.2) is 88.6 Å². The van der Waals surface area contributed by atoms with E-state index in [1.807, 2.05) is 56.3 Å². The van der Waals surface area contributed by atoms with E-state index < -0.39 is 0 Å². The molecule has 3 heterocycles. The fourth-order valence-electron chi connectivity index (χ4n) is 6.04. The number of imidazole rings is 1. The number of rotatable bonds is 9. The summed E-state index contributed by atoms with van der Waals surface area (Å²) in [6.07, 6.45) is 1.48. The van der Waals surface area contributed by atoms with Crippen LogP contribution in [0.2, 0.25) is 0 Å². The zero-order valence-corrected chi connectivity index (χ0v) is 25.8. The van der Waals surface area contributed by atoms with Gasteiger partial charge in [-0.05, 0) is 44.4 Å². The lowest BCUT2D eigenvalue weighted by molar-refractivity contribution is -0.130. The van der Waals surface area contributed by atoms with E-state index in [9.17, 15) is 19.2 Å². The summed E-state index contributed by atoms with van der Waals surface area (Å²) < 4.78 is 9.07. The van der Waals surface area contributed by atoms with Gasteiger partial charge in [0.2, 0.25) is 5.91 Å². The third-order valence-corrected chi connectivity index (χ3v) is 8.09. The zero-order chi connectivity index (χ0) is 31.2. The smallest absolute Gasteiger partial charge is 0.329 e. The van der Waals surface area contributed by atoms with E-state index in [1.165, 1.54) is 0 Å². The summed E-state index contributed by atoms with van der Waals surface area (Å²) >= 11 is 0. The molecule has 2 aliphatic rings. The van der Waals surface area contributed by atoms with Gasteiger partial charge in [-0.15, -0.1) is 0 Å². The van der Waals surface area contributed by atoms with E-state index in [2.05, 4.69) is 10.6 Å². The van der Waals surface area contributed by atoms with Crippen molar-refractivity contribution in [1.29, 1.82) is 0 Å². The molecule has 2 saturated heterocycles. The second-order valence-electron chi connectivity index (χ2n) is 11.8. The number of hydrogen-bond acceptors (Lipinski definition) is 6. The quantitative estimate of drug-likeness (QED) is 0.389.